The highest BCUT2D eigenvalue weighted by molar-refractivity contribution is 5.75. The van der Waals surface area contributed by atoms with Gasteiger partial charge in [-0.2, -0.15) is 0 Å². The summed E-state index contributed by atoms with van der Waals surface area (Å²) in [6.07, 6.45) is 6.26. The van der Waals surface area contributed by atoms with E-state index < -0.39 is 0 Å². The number of fused-ring (bicyclic) bond motifs is 3. The van der Waals surface area contributed by atoms with Gasteiger partial charge in [-0.25, -0.2) is 0 Å². The van der Waals surface area contributed by atoms with Gasteiger partial charge in [-0.05, 0) is 53.2 Å². The third-order valence-corrected chi connectivity index (χ3v) is 5.43. The maximum Gasteiger partial charge on any atom is 0.150 e. The molecule has 1 heteroatoms. The minimum Gasteiger partial charge on any atom is -0.298 e. The zero-order valence-corrected chi connectivity index (χ0v) is 11.6. The van der Waals surface area contributed by atoms with Crippen LogP contribution < -0.4 is 0 Å². The van der Waals surface area contributed by atoms with Crippen LogP contribution in [0.25, 0.3) is 0 Å². The van der Waals surface area contributed by atoms with Crippen LogP contribution in [-0.4, -0.2) is 6.29 Å². The quantitative estimate of drug-likeness (QED) is 0.673. The molecule has 1 aromatic carbocycles. The van der Waals surface area contributed by atoms with Crippen LogP contribution in [0.5, 0.6) is 0 Å². The van der Waals surface area contributed by atoms with Crippen molar-refractivity contribution >= 4 is 6.29 Å². The Balaban J connectivity index is 2.22. The van der Waals surface area contributed by atoms with Crippen LogP contribution in [0.2, 0.25) is 0 Å². The van der Waals surface area contributed by atoms with Gasteiger partial charge in [-0.15, -0.1) is 0 Å². The summed E-state index contributed by atoms with van der Waals surface area (Å²) in [6, 6.07) is 6.34. The topological polar surface area (TPSA) is 17.1 Å². The molecule has 0 aliphatic heterocycles. The highest BCUT2D eigenvalue weighted by Gasteiger charge is 2.48. The first-order valence-electron chi connectivity index (χ1n) is 7.07. The van der Waals surface area contributed by atoms with Crippen molar-refractivity contribution in [3.05, 3.63) is 34.9 Å². The average Bonchev–Trinajstić information content (AvgIpc) is 2.70. The van der Waals surface area contributed by atoms with Gasteiger partial charge < -0.3 is 0 Å². The van der Waals surface area contributed by atoms with Gasteiger partial charge in [0.15, 0.2) is 0 Å². The van der Waals surface area contributed by atoms with Gasteiger partial charge in [0.2, 0.25) is 0 Å². The fraction of sp³-hybridized carbons (Fsp3) is 0.588. The van der Waals surface area contributed by atoms with Gasteiger partial charge in [0.1, 0.15) is 6.29 Å². The van der Waals surface area contributed by atoms with Crippen LogP contribution in [0.15, 0.2) is 18.2 Å². The smallest absolute Gasteiger partial charge is 0.150 e. The van der Waals surface area contributed by atoms with Crippen molar-refractivity contribution in [2.75, 3.05) is 0 Å². The van der Waals surface area contributed by atoms with Crippen molar-refractivity contribution in [2.24, 2.45) is 5.92 Å². The second-order valence-electron chi connectivity index (χ2n) is 7.02. The molecule has 1 aromatic rings. The second kappa shape index (κ2) is 3.69. The summed E-state index contributed by atoms with van der Waals surface area (Å²) >= 11 is 0. The van der Waals surface area contributed by atoms with Gasteiger partial charge in [-0.1, -0.05) is 39.3 Å². The number of hydrogen-bond acceptors (Lipinski definition) is 1. The molecular formula is C17H22O. The minimum atomic E-state index is 0.211. The molecular weight excluding hydrogens is 220 g/mol. The second-order valence-corrected chi connectivity index (χ2v) is 7.02. The lowest BCUT2D eigenvalue weighted by Gasteiger charge is -2.46. The molecule has 0 radical (unpaired) electrons. The number of benzene rings is 1. The summed E-state index contributed by atoms with van der Waals surface area (Å²) in [5.74, 6) is 0.821. The van der Waals surface area contributed by atoms with E-state index in [-0.39, 0.29) is 5.41 Å². The Morgan fingerprint density at radius 3 is 2.72 bits per heavy atom. The van der Waals surface area contributed by atoms with Crippen molar-refractivity contribution in [2.45, 2.75) is 57.3 Å². The molecule has 0 heterocycles. The molecule has 2 unspecified atom stereocenters. The third-order valence-electron chi connectivity index (χ3n) is 5.43. The van der Waals surface area contributed by atoms with E-state index in [0.29, 0.717) is 5.41 Å². The number of carbonyl (C=O) groups excluding carboxylic acids is 1. The monoisotopic (exact) mass is 242 g/mol. The maximum absolute atomic E-state index is 11.0. The van der Waals surface area contributed by atoms with E-state index in [1.54, 1.807) is 0 Å². The van der Waals surface area contributed by atoms with Crippen LogP contribution in [-0.2, 0) is 10.8 Å². The number of rotatable bonds is 1. The van der Waals surface area contributed by atoms with Crippen LogP contribution in [0.3, 0.4) is 0 Å². The summed E-state index contributed by atoms with van der Waals surface area (Å²) < 4.78 is 0. The molecule has 18 heavy (non-hydrogen) atoms. The van der Waals surface area contributed by atoms with Gasteiger partial charge in [0.25, 0.3) is 0 Å². The molecule has 1 saturated carbocycles. The van der Waals surface area contributed by atoms with Crippen LogP contribution in [0.1, 0.15) is 67.9 Å². The molecule has 2 atom stereocenters. The lowest BCUT2D eigenvalue weighted by molar-refractivity contribution is 0.112. The fourth-order valence-corrected chi connectivity index (χ4v) is 4.34. The molecule has 1 nitrogen and oxygen atoms in total. The predicted octanol–water partition coefficient (Wildman–Crippen LogP) is 4.24. The zero-order valence-electron chi connectivity index (χ0n) is 11.6. The Bertz CT molecular complexity index is 500. The number of hydrogen-bond donors (Lipinski definition) is 0. The highest BCUT2D eigenvalue weighted by atomic mass is 16.1. The lowest BCUT2D eigenvalue weighted by Crippen LogP contribution is -2.40. The van der Waals surface area contributed by atoms with Crippen LogP contribution >= 0.6 is 0 Å². The SMILES string of the molecule is CC1(C)CC2CCCC2(C)c2ccc(C=O)cc21. The first-order valence-corrected chi connectivity index (χ1v) is 7.07. The maximum atomic E-state index is 11.0. The molecule has 2 aliphatic rings. The summed E-state index contributed by atoms with van der Waals surface area (Å²) in [5, 5.41) is 0. The molecule has 0 amide bonds. The summed E-state index contributed by atoms with van der Waals surface area (Å²) in [5.41, 5.74) is 4.30. The fourth-order valence-electron chi connectivity index (χ4n) is 4.34. The van der Waals surface area contributed by atoms with Crippen molar-refractivity contribution < 1.29 is 4.79 Å². The van der Waals surface area contributed by atoms with E-state index >= 15 is 0 Å². The minimum absolute atomic E-state index is 0.211. The number of carbonyl (C=O) groups is 1. The van der Waals surface area contributed by atoms with Gasteiger partial charge in [-0.3, -0.25) is 4.79 Å². The molecule has 0 bridgehead atoms. The Hall–Kier alpha value is -1.11. The Morgan fingerprint density at radius 1 is 1.22 bits per heavy atom. The first-order chi connectivity index (χ1) is 8.47. The van der Waals surface area contributed by atoms with Crippen molar-refractivity contribution in [1.29, 1.82) is 0 Å². The van der Waals surface area contributed by atoms with Gasteiger partial charge >= 0.3 is 0 Å². The largest absolute Gasteiger partial charge is 0.298 e. The van der Waals surface area contributed by atoms with Crippen LogP contribution in [0.4, 0.5) is 0 Å². The zero-order chi connectivity index (χ0) is 13.0. The van der Waals surface area contributed by atoms with E-state index in [1.165, 1.54) is 36.8 Å². The molecule has 0 saturated heterocycles. The van der Waals surface area contributed by atoms with Gasteiger partial charge in [0.05, 0.1) is 0 Å². The van der Waals surface area contributed by atoms with E-state index in [4.69, 9.17) is 0 Å². The first kappa shape index (κ1) is 12.0. The molecule has 0 aromatic heterocycles. The Labute approximate surface area is 110 Å². The van der Waals surface area contributed by atoms with Crippen molar-refractivity contribution in [1.82, 2.24) is 0 Å². The van der Waals surface area contributed by atoms with E-state index in [9.17, 15) is 4.79 Å². The molecule has 3 rings (SSSR count). The van der Waals surface area contributed by atoms with E-state index in [1.807, 2.05) is 6.07 Å². The van der Waals surface area contributed by atoms with Crippen LogP contribution in [0, 0.1) is 5.92 Å². The molecule has 0 spiro atoms. The highest BCUT2D eigenvalue weighted by Crippen LogP contribution is 2.56. The molecule has 96 valence electrons. The number of aldehydes is 1. The summed E-state index contributed by atoms with van der Waals surface area (Å²) in [7, 11) is 0. The molecule has 0 N–H and O–H groups in total. The average molecular weight is 242 g/mol. The predicted molar refractivity (Wildman–Crippen MR) is 74.2 cm³/mol. The van der Waals surface area contributed by atoms with E-state index in [2.05, 4.69) is 32.9 Å². The normalized spacial score (nSPS) is 32.7. The third kappa shape index (κ3) is 1.49. The summed E-state index contributed by atoms with van der Waals surface area (Å²) in [4.78, 5) is 11.0. The molecule has 1 fully saturated rings. The summed E-state index contributed by atoms with van der Waals surface area (Å²) in [6.45, 7) is 7.09. The van der Waals surface area contributed by atoms with Crippen molar-refractivity contribution in [3.8, 4) is 0 Å². The Kier molecular flexibility index (Phi) is 2.45. The standard InChI is InChI=1S/C17H22O/c1-16(2)10-13-5-4-8-17(13,3)14-7-6-12(11-18)9-15(14)16/h6-7,9,11,13H,4-5,8,10H2,1-3H3. The molecule has 2 aliphatic carbocycles. The Morgan fingerprint density at radius 2 is 2.00 bits per heavy atom. The van der Waals surface area contributed by atoms with Gasteiger partial charge in [0, 0.05) is 5.56 Å². The van der Waals surface area contributed by atoms with Crippen molar-refractivity contribution in [3.63, 3.8) is 0 Å². The van der Waals surface area contributed by atoms with E-state index in [0.717, 1.165) is 17.8 Å². The lowest BCUT2D eigenvalue weighted by atomic mass is 9.58.